The van der Waals surface area contributed by atoms with Crippen LogP contribution in [0, 0.1) is 5.92 Å². The van der Waals surface area contributed by atoms with Gasteiger partial charge >= 0.3 is 5.97 Å². The molecule has 0 aromatic rings. The fourth-order valence-corrected chi connectivity index (χ4v) is 2.20. The van der Waals surface area contributed by atoms with E-state index in [0.29, 0.717) is 12.3 Å². The molecular formula is C10H17NO2. The molecule has 2 fully saturated rings. The first-order valence-electron chi connectivity index (χ1n) is 5.21. The number of carboxylic acids is 1. The van der Waals surface area contributed by atoms with Gasteiger partial charge in [0.15, 0.2) is 0 Å². The standard InChI is InChI=1S/C10H17NO2/c12-10(13)4-1-8-5-6-11(7-8)9-2-3-9/h8-9H,1-7H2,(H,12,13). The molecule has 1 N–H and O–H groups in total. The van der Waals surface area contributed by atoms with Gasteiger partial charge in [-0.2, -0.15) is 0 Å². The Morgan fingerprint density at radius 1 is 1.38 bits per heavy atom. The molecule has 0 radical (unpaired) electrons. The van der Waals surface area contributed by atoms with E-state index < -0.39 is 5.97 Å². The summed E-state index contributed by atoms with van der Waals surface area (Å²) in [6.07, 6.45) is 5.17. The first-order valence-corrected chi connectivity index (χ1v) is 5.21. The second-order valence-electron chi connectivity index (χ2n) is 4.31. The minimum Gasteiger partial charge on any atom is -0.481 e. The van der Waals surface area contributed by atoms with Crippen LogP contribution in [0.2, 0.25) is 0 Å². The summed E-state index contributed by atoms with van der Waals surface area (Å²) >= 11 is 0. The van der Waals surface area contributed by atoms with Crippen LogP contribution in [0.25, 0.3) is 0 Å². The normalized spacial score (nSPS) is 29.4. The van der Waals surface area contributed by atoms with E-state index in [2.05, 4.69) is 4.90 Å². The van der Waals surface area contributed by atoms with Gasteiger partial charge in [-0.3, -0.25) is 4.79 Å². The van der Waals surface area contributed by atoms with Crippen molar-refractivity contribution in [3.63, 3.8) is 0 Å². The molecule has 1 saturated carbocycles. The van der Waals surface area contributed by atoms with Gasteiger partial charge in [-0.25, -0.2) is 0 Å². The first kappa shape index (κ1) is 9.00. The van der Waals surface area contributed by atoms with Gasteiger partial charge in [-0.15, -0.1) is 0 Å². The lowest BCUT2D eigenvalue weighted by atomic mass is 10.0. The third-order valence-corrected chi connectivity index (χ3v) is 3.15. The monoisotopic (exact) mass is 183 g/mol. The van der Waals surface area contributed by atoms with Gasteiger partial charge in [0.2, 0.25) is 0 Å². The Kier molecular flexibility index (Phi) is 2.54. The van der Waals surface area contributed by atoms with Gasteiger partial charge in [-0.05, 0) is 38.1 Å². The highest BCUT2D eigenvalue weighted by Crippen LogP contribution is 2.32. The SMILES string of the molecule is O=C(O)CCC1CCN(C2CC2)C1. The molecule has 0 amide bonds. The smallest absolute Gasteiger partial charge is 0.303 e. The third-order valence-electron chi connectivity index (χ3n) is 3.15. The fraction of sp³-hybridized carbons (Fsp3) is 0.900. The number of likely N-dealkylation sites (tertiary alicyclic amines) is 1. The number of carbonyl (C=O) groups is 1. The van der Waals surface area contributed by atoms with Crippen molar-refractivity contribution < 1.29 is 9.90 Å². The number of hydrogen-bond acceptors (Lipinski definition) is 2. The molecule has 1 aliphatic carbocycles. The maximum Gasteiger partial charge on any atom is 0.303 e. The zero-order valence-electron chi connectivity index (χ0n) is 7.91. The lowest BCUT2D eigenvalue weighted by Gasteiger charge is -2.13. The molecule has 3 heteroatoms. The second kappa shape index (κ2) is 3.66. The summed E-state index contributed by atoms with van der Waals surface area (Å²) < 4.78 is 0. The van der Waals surface area contributed by atoms with Crippen molar-refractivity contribution in [2.24, 2.45) is 5.92 Å². The minimum atomic E-state index is -0.648. The van der Waals surface area contributed by atoms with Gasteiger partial charge in [0.25, 0.3) is 0 Å². The summed E-state index contributed by atoms with van der Waals surface area (Å²) in [6.45, 7) is 2.35. The molecule has 2 rings (SSSR count). The van der Waals surface area contributed by atoms with Crippen LogP contribution in [0.4, 0.5) is 0 Å². The Morgan fingerprint density at radius 3 is 2.77 bits per heavy atom. The van der Waals surface area contributed by atoms with Gasteiger partial charge in [0.05, 0.1) is 0 Å². The van der Waals surface area contributed by atoms with Gasteiger partial charge in [-0.1, -0.05) is 0 Å². The van der Waals surface area contributed by atoms with Crippen LogP contribution in [0.3, 0.4) is 0 Å². The lowest BCUT2D eigenvalue weighted by Crippen LogP contribution is -2.22. The predicted molar refractivity (Wildman–Crippen MR) is 49.6 cm³/mol. The number of hydrogen-bond donors (Lipinski definition) is 1. The Bertz CT molecular complexity index is 201. The molecule has 0 bridgehead atoms. The molecule has 3 nitrogen and oxygen atoms in total. The van der Waals surface area contributed by atoms with Crippen LogP contribution < -0.4 is 0 Å². The zero-order valence-corrected chi connectivity index (χ0v) is 7.91. The average molecular weight is 183 g/mol. The predicted octanol–water partition coefficient (Wildman–Crippen LogP) is 1.34. The average Bonchev–Trinajstić information content (AvgIpc) is 2.83. The molecular weight excluding hydrogens is 166 g/mol. The van der Waals surface area contributed by atoms with E-state index >= 15 is 0 Å². The van der Waals surface area contributed by atoms with E-state index in [1.165, 1.54) is 25.8 Å². The second-order valence-corrected chi connectivity index (χ2v) is 4.31. The highest BCUT2D eigenvalue weighted by atomic mass is 16.4. The number of carboxylic acid groups (broad SMARTS) is 1. The van der Waals surface area contributed by atoms with Crippen molar-refractivity contribution in [3.8, 4) is 0 Å². The molecule has 1 atom stereocenters. The Hall–Kier alpha value is -0.570. The van der Waals surface area contributed by atoms with Crippen LogP contribution in [-0.4, -0.2) is 35.1 Å². The number of rotatable bonds is 4. The Balaban J connectivity index is 1.68. The van der Waals surface area contributed by atoms with Crippen LogP contribution in [0.5, 0.6) is 0 Å². The van der Waals surface area contributed by atoms with Crippen molar-refractivity contribution >= 4 is 5.97 Å². The minimum absolute atomic E-state index is 0.350. The maximum absolute atomic E-state index is 10.4. The van der Waals surface area contributed by atoms with E-state index in [0.717, 1.165) is 19.0 Å². The quantitative estimate of drug-likeness (QED) is 0.715. The lowest BCUT2D eigenvalue weighted by molar-refractivity contribution is -0.137. The van der Waals surface area contributed by atoms with Gasteiger partial charge in [0.1, 0.15) is 0 Å². The summed E-state index contributed by atoms with van der Waals surface area (Å²) in [5.74, 6) is 0.00146. The van der Waals surface area contributed by atoms with Gasteiger partial charge in [0, 0.05) is 19.0 Å². The van der Waals surface area contributed by atoms with E-state index in [4.69, 9.17) is 5.11 Å². The van der Waals surface area contributed by atoms with Crippen molar-refractivity contribution in [2.45, 2.75) is 38.1 Å². The summed E-state index contributed by atoms with van der Waals surface area (Å²) in [5.41, 5.74) is 0. The summed E-state index contributed by atoms with van der Waals surface area (Å²) in [4.78, 5) is 12.9. The molecule has 1 saturated heterocycles. The summed E-state index contributed by atoms with van der Waals surface area (Å²) in [5, 5.41) is 8.55. The molecule has 13 heavy (non-hydrogen) atoms. The van der Waals surface area contributed by atoms with Crippen molar-refractivity contribution in [1.29, 1.82) is 0 Å². The van der Waals surface area contributed by atoms with E-state index in [1.807, 2.05) is 0 Å². The Morgan fingerprint density at radius 2 is 2.15 bits per heavy atom. The highest BCUT2D eigenvalue weighted by Gasteiger charge is 2.34. The summed E-state index contributed by atoms with van der Waals surface area (Å²) in [7, 11) is 0. The maximum atomic E-state index is 10.4. The van der Waals surface area contributed by atoms with Crippen molar-refractivity contribution in [1.82, 2.24) is 4.90 Å². The van der Waals surface area contributed by atoms with Crippen LogP contribution in [0.15, 0.2) is 0 Å². The first-order chi connectivity index (χ1) is 6.25. The van der Waals surface area contributed by atoms with E-state index in [-0.39, 0.29) is 0 Å². The van der Waals surface area contributed by atoms with Crippen LogP contribution >= 0.6 is 0 Å². The molecule has 0 aromatic carbocycles. The molecule has 1 unspecified atom stereocenters. The zero-order chi connectivity index (χ0) is 9.26. The highest BCUT2D eigenvalue weighted by molar-refractivity contribution is 5.66. The van der Waals surface area contributed by atoms with Crippen LogP contribution in [0.1, 0.15) is 32.1 Å². The number of aliphatic carboxylic acids is 1. The van der Waals surface area contributed by atoms with E-state index in [1.54, 1.807) is 0 Å². The topological polar surface area (TPSA) is 40.5 Å². The molecule has 0 aromatic heterocycles. The molecule has 0 spiro atoms. The largest absolute Gasteiger partial charge is 0.481 e. The van der Waals surface area contributed by atoms with Crippen LogP contribution in [-0.2, 0) is 4.79 Å². The molecule has 1 aliphatic heterocycles. The van der Waals surface area contributed by atoms with E-state index in [9.17, 15) is 4.79 Å². The van der Waals surface area contributed by atoms with Crippen molar-refractivity contribution in [2.75, 3.05) is 13.1 Å². The van der Waals surface area contributed by atoms with Gasteiger partial charge < -0.3 is 10.0 Å². The molecule has 1 heterocycles. The molecule has 2 aliphatic rings. The fourth-order valence-electron chi connectivity index (χ4n) is 2.20. The number of nitrogens with zero attached hydrogens (tertiary/aromatic N) is 1. The third kappa shape index (κ3) is 2.44. The summed E-state index contributed by atoms with van der Waals surface area (Å²) in [6, 6.07) is 0.856. The van der Waals surface area contributed by atoms with Crippen molar-refractivity contribution in [3.05, 3.63) is 0 Å². The Labute approximate surface area is 78.7 Å². The molecule has 74 valence electrons.